The van der Waals surface area contributed by atoms with Gasteiger partial charge in [-0.15, -0.1) is 11.6 Å². The molecule has 1 aromatic rings. The summed E-state index contributed by atoms with van der Waals surface area (Å²) in [6.45, 7) is -2.29. The Hall–Kier alpha value is -1.37. The molecule has 0 amide bonds. The standard InChI is InChI=1S/C11H8ClF5O2/c1-5(18)9(12)6-2-3-7(11(15,16)17)8(4-6)19-10(13)14/h2-4,9-10H,1H3. The Balaban J connectivity index is 3.26. The van der Waals surface area contributed by atoms with Crippen LogP contribution in [0.3, 0.4) is 0 Å². The van der Waals surface area contributed by atoms with Crippen molar-refractivity contribution >= 4 is 17.4 Å². The van der Waals surface area contributed by atoms with E-state index in [1.54, 1.807) is 0 Å². The number of benzene rings is 1. The van der Waals surface area contributed by atoms with Crippen molar-refractivity contribution in [3.63, 3.8) is 0 Å². The summed E-state index contributed by atoms with van der Waals surface area (Å²) in [7, 11) is 0. The summed E-state index contributed by atoms with van der Waals surface area (Å²) in [6.07, 6.45) is -4.85. The molecule has 0 radical (unpaired) electrons. The van der Waals surface area contributed by atoms with Gasteiger partial charge >= 0.3 is 12.8 Å². The van der Waals surface area contributed by atoms with Crippen molar-refractivity contribution in [3.05, 3.63) is 29.3 Å². The average molecular weight is 303 g/mol. The molecule has 19 heavy (non-hydrogen) atoms. The molecular weight excluding hydrogens is 295 g/mol. The topological polar surface area (TPSA) is 26.3 Å². The van der Waals surface area contributed by atoms with Crippen molar-refractivity contribution in [3.8, 4) is 5.75 Å². The fraction of sp³-hybridized carbons (Fsp3) is 0.364. The average Bonchev–Trinajstić information content (AvgIpc) is 2.25. The molecule has 0 aliphatic rings. The van der Waals surface area contributed by atoms with Crippen LogP contribution >= 0.6 is 11.6 Å². The van der Waals surface area contributed by atoms with E-state index in [9.17, 15) is 26.7 Å². The van der Waals surface area contributed by atoms with Crippen molar-refractivity contribution in [2.24, 2.45) is 0 Å². The van der Waals surface area contributed by atoms with Crippen molar-refractivity contribution in [2.75, 3.05) is 0 Å². The quantitative estimate of drug-likeness (QED) is 0.616. The summed E-state index contributed by atoms with van der Waals surface area (Å²) in [4.78, 5) is 11.0. The minimum Gasteiger partial charge on any atom is -0.434 e. The highest BCUT2D eigenvalue weighted by Gasteiger charge is 2.35. The second kappa shape index (κ2) is 5.73. The maximum atomic E-state index is 12.6. The molecule has 1 aromatic carbocycles. The molecule has 0 aliphatic carbocycles. The minimum atomic E-state index is -4.85. The number of ether oxygens (including phenoxy) is 1. The third kappa shape index (κ3) is 4.05. The molecule has 0 fully saturated rings. The molecule has 8 heteroatoms. The molecule has 0 saturated heterocycles. The summed E-state index contributed by atoms with van der Waals surface area (Å²) in [6, 6.07) is 2.18. The molecule has 2 nitrogen and oxygen atoms in total. The maximum Gasteiger partial charge on any atom is 0.419 e. The molecule has 1 atom stereocenters. The van der Waals surface area contributed by atoms with Crippen LogP contribution in [0.25, 0.3) is 0 Å². The number of rotatable bonds is 4. The number of hydrogen-bond donors (Lipinski definition) is 0. The molecular formula is C11H8ClF5O2. The Morgan fingerprint density at radius 1 is 1.32 bits per heavy atom. The number of carbonyl (C=O) groups is 1. The van der Waals surface area contributed by atoms with Gasteiger partial charge in [-0.05, 0) is 24.6 Å². The van der Waals surface area contributed by atoms with Crippen LogP contribution in [0.1, 0.15) is 23.4 Å². The predicted octanol–water partition coefficient (Wildman–Crippen LogP) is 4.18. The maximum absolute atomic E-state index is 12.6. The second-order valence-electron chi connectivity index (χ2n) is 3.61. The van der Waals surface area contributed by atoms with E-state index in [1.165, 1.54) is 0 Å². The van der Waals surface area contributed by atoms with E-state index in [1.807, 2.05) is 0 Å². The minimum absolute atomic E-state index is 0.0437. The molecule has 0 aliphatic heterocycles. The molecule has 0 spiro atoms. The summed E-state index contributed by atoms with van der Waals surface area (Å²) >= 11 is 5.64. The van der Waals surface area contributed by atoms with Crippen LogP contribution in [0.5, 0.6) is 5.75 Å². The first kappa shape index (κ1) is 15.7. The Bertz CT molecular complexity index is 473. The number of Topliss-reactive ketones (excluding diaryl/α,β-unsaturated/α-hetero) is 1. The Kier molecular flexibility index (Phi) is 4.73. The first-order valence-electron chi connectivity index (χ1n) is 4.93. The van der Waals surface area contributed by atoms with Crippen molar-refractivity contribution in [2.45, 2.75) is 25.1 Å². The highest BCUT2D eigenvalue weighted by atomic mass is 35.5. The summed E-state index contributed by atoms with van der Waals surface area (Å²) in [5.74, 6) is -1.59. The predicted molar refractivity (Wildman–Crippen MR) is 57.4 cm³/mol. The van der Waals surface area contributed by atoms with Gasteiger partial charge in [0.15, 0.2) is 5.78 Å². The van der Waals surface area contributed by atoms with Gasteiger partial charge in [-0.1, -0.05) is 6.07 Å². The highest BCUT2D eigenvalue weighted by Crippen LogP contribution is 2.39. The van der Waals surface area contributed by atoms with E-state index in [4.69, 9.17) is 11.6 Å². The molecule has 0 bridgehead atoms. The van der Waals surface area contributed by atoms with Crippen LogP contribution in [0.4, 0.5) is 22.0 Å². The van der Waals surface area contributed by atoms with Gasteiger partial charge < -0.3 is 4.74 Å². The van der Waals surface area contributed by atoms with Gasteiger partial charge in [0.1, 0.15) is 11.1 Å². The van der Waals surface area contributed by atoms with E-state index in [0.717, 1.165) is 13.0 Å². The van der Waals surface area contributed by atoms with Gasteiger partial charge in [-0.2, -0.15) is 22.0 Å². The monoisotopic (exact) mass is 302 g/mol. The van der Waals surface area contributed by atoms with E-state index >= 15 is 0 Å². The normalized spacial score (nSPS) is 13.5. The van der Waals surface area contributed by atoms with Gasteiger partial charge in [0, 0.05) is 0 Å². The van der Waals surface area contributed by atoms with E-state index in [0.29, 0.717) is 12.1 Å². The summed E-state index contributed by atoms with van der Waals surface area (Å²) < 4.78 is 65.7. The van der Waals surface area contributed by atoms with Gasteiger partial charge in [0.05, 0.1) is 5.56 Å². The zero-order valence-electron chi connectivity index (χ0n) is 9.47. The number of ketones is 1. The van der Waals surface area contributed by atoms with E-state index < -0.39 is 35.3 Å². The third-order valence-electron chi connectivity index (χ3n) is 2.18. The Morgan fingerprint density at radius 3 is 2.32 bits per heavy atom. The van der Waals surface area contributed by atoms with Crippen molar-refractivity contribution in [1.29, 1.82) is 0 Å². The van der Waals surface area contributed by atoms with Crippen LogP contribution < -0.4 is 4.74 Å². The molecule has 1 unspecified atom stereocenters. The number of halogens is 6. The first-order valence-corrected chi connectivity index (χ1v) is 5.37. The third-order valence-corrected chi connectivity index (χ3v) is 2.74. The van der Waals surface area contributed by atoms with Gasteiger partial charge in [-0.3, -0.25) is 4.79 Å². The molecule has 1 rings (SSSR count). The first-order chi connectivity index (χ1) is 8.62. The lowest BCUT2D eigenvalue weighted by molar-refractivity contribution is -0.141. The van der Waals surface area contributed by atoms with Crippen LogP contribution in [-0.2, 0) is 11.0 Å². The second-order valence-corrected chi connectivity index (χ2v) is 4.04. The van der Waals surface area contributed by atoms with Gasteiger partial charge in [0.2, 0.25) is 0 Å². The lowest BCUT2D eigenvalue weighted by Crippen LogP contribution is -2.12. The van der Waals surface area contributed by atoms with E-state index in [2.05, 4.69) is 4.74 Å². The zero-order valence-corrected chi connectivity index (χ0v) is 10.2. The summed E-state index contributed by atoms with van der Waals surface area (Å²) in [5, 5.41) is -1.22. The lowest BCUT2D eigenvalue weighted by Gasteiger charge is -2.15. The van der Waals surface area contributed by atoms with Crippen molar-refractivity contribution < 1.29 is 31.5 Å². The lowest BCUT2D eigenvalue weighted by atomic mass is 10.1. The van der Waals surface area contributed by atoms with Crippen molar-refractivity contribution in [1.82, 2.24) is 0 Å². The van der Waals surface area contributed by atoms with Gasteiger partial charge in [-0.25, -0.2) is 0 Å². The smallest absolute Gasteiger partial charge is 0.419 e. The molecule has 0 saturated carbocycles. The molecule has 0 N–H and O–H groups in total. The number of hydrogen-bond acceptors (Lipinski definition) is 2. The fourth-order valence-corrected chi connectivity index (χ4v) is 1.49. The SMILES string of the molecule is CC(=O)C(Cl)c1ccc(C(F)(F)F)c(OC(F)F)c1. The van der Waals surface area contributed by atoms with Crippen LogP contribution in [0.15, 0.2) is 18.2 Å². The van der Waals surface area contributed by atoms with E-state index in [-0.39, 0.29) is 5.56 Å². The highest BCUT2D eigenvalue weighted by molar-refractivity contribution is 6.30. The number of carbonyl (C=O) groups excluding carboxylic acids is 1. The fourth-order valence-electron chi connectivity index (χ4n) is 1.36. The van der Waals surface area contributed by atoms with Crippen LogP contribution in [-0.4, -0.2) is 12.4 Å². The van der Waals surface area contributed by atoms with Crippen LogP contribution in [0.2, 0.25) is 0 Å². The Morgan fingerprint density at radius 2 is 1.89 bits per heavy atom. The largest absolute Gasteiger partial charge is 0.434 e. The number of alkyl halides is 6. The summed E-state index contributed by atoms with van der Waals surface area (Å²) in [5.41, 5.74) is -1.40. The molecule has 0 heterocycles. The Labute approximate surface area is 110 Å². The zero-order chi connectivity index (χ0) is 14.8. The molecule has 106 valence electrons. The van der Waals surface area contributed by atoms with Crippen LogP contribution in [0, 0.1) is 0 Å². The molecule has 0 aromatic heterocycles. The van der Waals surface area contributed by atoms with Gasteiger partial charge in [0.25, 0.3) is 0 Å².